The average Bonchev–Trinajstić information content (AvgIpc) is 2.58. The molecule has 1 saturated heterocycles. The number of amides is 1. The third kappa shape index (κ3) is 5.55. The lowest BCUT2D eigenvalue weighted by molar-refractivity contribution is -0.119. The van der Waals surface area contributed by atoms with Gasteiger partial charge in [0.15, 0.2) is 5.96 Å². The molecule has 0 atom stereocenters. The van der Waals surface area contributed by atoms with Gasteiger partial charge in [-0.3, -0.25) is 4.79 Å². The Labute approximate surface area is 145 Å². The van der Waals surface area contributed by atoms with Gasteiger partial charge in [0, 0.05) is 31.7 Å². The third-order valence-corrected chi connectivity index (χ3v) is 4.01. The molecule has 1 fully saturated rings. The second kappa shape index (κ2) is 9.30. The number of piperidine rings is 1. The Morgan fingerprint density at radius 1 is 1.21 bits per heavy atom. The first-order valence-corrected chi connectivity index (χ1v) is 9.01. The number of carbonyl (C=O) groups is 1. The van der Waals surface area contributed by atoms with Crippen molar-refractivity contribution in [2.45, 2.75) is 46.6 Å². The Kier molecular flexibility index (Phi) is 7.09. The van der Waals surface area contributed by atoms with Crippen molar-refractivity contribution in [2.24, 2.45) is 10.9 Å². The van der Waals surface area contributed by atoms with Crippen molar-refractivity contribution in [3.05, 3.63) is 29.8 Å². The molecule has 1 heterocycles. The summed E-state index contributed by atoms with van der Waals surface area (Å²) in [5.74, 6) is 1.66. The third-order valence-electron chi connectivity index (χ3n) is 4.01. The molecule has 0 spiro atoms. The van der Waals surface area contributed by atoms with E-state index in [1.165, 1.54) is 0 Å². The normalized spacial score (nSPS) is 15.8. The SMILES string of the molecule is CCNC(=NCc1ccc(N2CCCCC2=O)cc1)NCC(C)C. The zero-order valence-corrected chi connectivity index (χ0v) is 15.1. The molecule has 0 unspecified atom stereocenters. The van der Waals surface area contributed by atoms with Crippen molar-refractivity contribution in [1.29, 1.82) is 0 Å². The maximum Gasteiger partial charge on any atom is 0.226 e. The van der Waals surface area contributed by atoms with E-state index in [0.29, 0.717) is 18.9 Å². The van der Waals surface area contributed by atoms with E-state index in [0.717, 1.165) is 49.7 Å². The molecule has 2 N–H and O–H groups in total. The standard InChI is InChI=1S/C19H30N4O/c1-4-20-19(21-13-15(2)3)22-14-16-8-10-17(11-9-16)23-12-6-5-7-18(23)24/h8-11,15H,4-7,12-14H2,1-3H3,(H2,20,21,22). The monoisotopic (exact) mass is 330 g/mol. The number of guanidine groups is 1. The number of hydrogen-bond donors (Lipinski definition) is 2. The Bertz CT molecular complexity index is 551. The molecule has 1 aromatic carbocycles. The fourth-order valence-electron chi connectivity index (χ4n) is 2.67. The van der Waals surface area contributed by atoms with Crippen LogP contribution in [0.5, 0.6) is 0 Å². The lowest BCUT2D eigenvalue weighted by Crippen LogP contribution is -2.39. The molecule has 5 heteroatoms. The van der Waals surface area contributed by atoms with Gasteiger partial charge in [-0.2, -0.15) is 0 Å². The molecule has 5 nitrogen and oxygen atoms in total. The minimum Gasteiger partial charge on any atom is -0.357 e. The molecule has 132 valence electrons. The summed E-state index contributed by atoms with van der Waals surface area (Å²) in [6, 6.07) is 8.19. The quantitative estimate of drug-likeness (QED) is 0.623. The molecule has 0 aromatic heterocycles. The minimum absolute atomic E-state index is 0.235. The van der Waals surface area contributed by atoms with Gasteiger partial charge in [-0.15, -0.1) is 0 Å². The van der Waals surface area contributed by atoms with Gasteiger partial charge in [0.05, 0.1) is 6.54 Å². The van der Waals surface area contributed by atoms with Crippen LogP contribution in [0.2, 0.25) is 0 Å². The summed E-state index contributed by atoms with van der Waals surface area (Å²) in [4.78, 5) is 18.5. The molecule has 0 saturated carbocycles. The van der Waals surface area contributed by atoms with E-state index in [-0.39, 0.29) is 5.91 Å². The smallest absolute Gasteiger partial charge is 0.226 e. The zero-order chi connectivity index (χ0) is 17.4. The number of carbonyl (C=O) groups excluding carboxylic acids is 1. The summed E-state index contributed by atoms with van der Waals surface area (Å²) in [6.45, 7) is 9.63. The number of benzene rings is 1. The van der Waals surface area contributed by atoms with Crippen LogP contribution in [-0.4, -0.2) is 31.5 Å². The van der Waals surface area contributed by atoms with E-state index < -0.39 is 0 Å². The van der Waals surface area contributed by atoms with Crippen molar-refractivity contribution in [3.8, 4) is 0 Å². The highest BCUT2D eigenvalue weighted by molar-refractivity contribution is 5.93. The van der Waals surface area contributed by atoms with Gasteiger partial charge in [0.2, 0.25) is 5.91 Å². The Balaban J connectivity index is 1.96. The van der Waals surface area contributed by atoms with Gasteiger partial charge in [-0.1, -0.05) is 26.0 Å². The molecular weight excluding hydrogens is 300 g/mol. The van der Waals surface area contributed by atoms with Crippen LogP contribution in [-0.2, 0) is 11.3 Å². The van der Waals surface area contributed by atoms with Crippen LogP contribution in [0.15, 0.2) is 29.3 Å². The average molecular weight is 330 g/mol. The van der Waals surface area contributed by atoms with Crippen molar-refractivity contribution in [3.63, 3.8) is 0 Å². The molecule has 1 aliphatic rings. The first-order valence-electron chi connectivity index (χ1n) is 9.01. The van der Waals surface area contributed by atoms with Crippen LogP contribution < -0.4 is 15.5 Å². The number of nitrogens with zero attached hydrogens (tertiary/aromatic N) is 2. The van der Waals surface area contributed by atoms with E-state index in [2.05, 4.69) is 48.5 Å². The van der Waals surface area contributed by atoms with Gasteiger partial charge in [-0.05, 0) is 43.4 Å². The summed E-state index contributed by atoms with van der Waals surface area (Å²) < 4.78 is 0. The van der Waals surface area contributed by atoms with E-state index in [1.54, 1.807) is 0 Å². The molecule has 0 radical (unpaired) electrons. The minimum atomic E-state index is 0.235. The highest BCUT2D eigenvalue weighted by Gasteiger charge is 2.19. The van der Waals surface area contributed by atoms with Crippen LogP contribution in [0.4, 0.5) is 5.69 Å². The predicted molar refractivity (Wildman–Crippen MR) is 100 cm³/mol. The van der Waals surface area contributed by atoms with Crippen LogP contribution in [0.1, 0.15) is 45.6 Å². The number of aliphatic imine (C=N–C) groups is 1. The molecule has 2 rings (SSSR count). The zero-order valence-electron chi connectivity index (χ0n) is 15.1. The fourth-order valence-corrected chi connectivity index (χ4v) is 2.67. The topological polar surface area (TPSA) is 56.7 Å². The number of nitrogens with one attached hydrogen (secondary N) is 2. The summed E-state index contributed by atoms with van der Waals surface area (Å²) in [7, 11) is 0. The molecule has 1 aliphatic heterocycles. The van der Waals surface area contributed by atoms with E-state index in [4.69, 9.17) is 0 Å². The lowest BCUT2D eigenvalue weighted by atomic mass is 10.1. The van der Waals surface area contributed by atoms with Crippen molar-refractivity contribution < 1.29 is 4.79 Å². The van der Waals surface area contributed by atoms with Crippen LogP contribution in [0.3, 0.4) is 0 Å². The largest absolute Gasteiger partial charge is 0.357 e. The van der Waals surface area contributed by atoms with Gasteiger partial charge in [-0.25, -0.2) is 4.99 Å². The highest BCUT2D eigenvalue weighted by atomic mass is 16.2. The Morgan fingerprint density at radius 2 is 1.96 bits per heavy atom. The number of rotatable bonds is 6. The fraction of sp³-hybridized carbons (Fsp3) is 0.579. The summed E-state index contributed by atoms with van der Waals surface area (Å²) in [6.07, 6.45) is 2.77. The maximum absolute atomic E-state index is 12.0. The van der Waals surface area contributed by atoms with Crippen molar-refractivity contribution >= 4 is 17.6 Å². The van der Waals surface area contributed by atoms with Gasteiger partial charge >= 0.3 is 0 Å². The molecule has 1 amide bonds. The molecule has 1 aromatic rings. The first-order chi connectivity index (χ1) is 11.6. The van der Waals surface area contributed by atoms with Crippen molar-refractivity contribution in [2.75, 3.05) is 24.5 Å². The maximum atomic E-state index is 12.0. The van der Waals surface area contributed by atoms with Gasteiger partial charge in [0.1, 0.15) is 0 Å². The second-order valence-electron chi connectivity index (χ2n) is 6.64. The van der Waals surface area contributed by atoms with Crippen molar-refractivity contribution in [1.82, 2.24) is 10.6 Å². The molecular formula is C19H30N4O. The van der Waals surface area contributed by atoms with E-state index >= 15 is 0 Å². The molecule has 0 bridgehead atoms. The summed E-state index contributed by atoms with van der Waals surface area (Å²) in [5.41, 5.74) is 2.14. The van der Waals surface area contributed by atoms with Crippen LogP contribution >= 0.6 is 0 Å². The lowest BCUT2D eigenvalue weighted by Gasteiger charge is -2.26. The van der Waals surface area contributed by atoms with Gasteiger partial charge in [0.25, 0.3) is 0 Å². The van der Waals surface area contributed by atoms with E-state index in [1.807, 2.05) is 17.0 Å². The number of anilines is 1. The summed E-state index contributed by atoms with van der Waals surface area (Å²) in [5, 5.41) is 6.61. The Hall–Kier alpha value is -2.04. The number of hydrogen-bond acceptors (Lipinski definition) is 2. The van der Waals surface area contributed by atoms with Crippen LogP contribution in [0.25, 0.3) is 0 Å². The van der Waals surface area contributed by atoms with Gasteiger partial charge < -0.3 is 15.5 Å². The second-order valence-corrected chi connectivity index (χ2v) is 6.64. The highest BCUT2D eigenvalue weighted by Crippen LogP contribution is 2.21. The summed E-state index contributed by atoms with van der Waals surface area (Å²) >= 11 is 0. The van der Waals surface area contributed by atoms with E-state index in [9.17, 15) is 4.79 Å². The van der Waals surface area contributed by atoms with Crippen LogP contribution in [0, 0.1) is 5.92 Å². The Morgan fingerprint density at radius 3 is 2.58 bits per heavy atom. The molecule has 24 heavy (non-hydrogen) atoms. The first kappa shape index (κ1) is 18.3. The predicted octanol–water partition coefficient (Wildman–Crippen LogP) is 2.91. The molecule has 0 aliphatic carbocycles.